The second-order valence-corrected chi connectivity index (χ2v) is 7.29. The molecule has 0 spiro atoms. The highest BCUT2D eigenvalue weighted by molar-refractivity contribution is 6.10. The van der Waals surface area contributed by atoms with Crippen molar-refractivity contribution in [1.29, 1.82) is 0 Å². The lowest BCUT2D eigenvalue weighted by Gasteiger charge is -2.08. The summed E-state index contributed by atoms with van der Waals surface area (Å²) in [7, 11) is 0. The van der Waals surface area contributed by atoms with Gasteiger partial charge in [0.05, 0.1) is 11.0 Å². The number of para-hydroxylation sites is 1. The van der Waals surface area contributed by atoms with Crippen LogP contribution >= 0.6 is 0 Å². The molecule has 5 rings (SSSR count). The number of fused-ring (bicyclic) bond motifs is 3. The highest BCUT2D eigenvalue weighted by atomic mass is 15.0. The molecule has 1 heteroatoms. The van der Waals surface area contributed by atoms with Gasteiger partial charge in [-0.05, 0) is 61.4 Å². The van der Waals surface area contributed by atoms with E-state index in [2.05, 4.69) is 109 Å². The third-order valence-corrected chi connectivity index (χ3v) is 5.29. The van der Waals surface area contributed by atoms with Crippen LogP contribution < -0.4 is 0 Å². The van der Waals surface area contributed by atoms with Crippen LogP contribution in [-0.4, -0.2) is 4.57 Å². The summed E-state index contributed by atoms with van der Waals surface area (Å²) in [6.45, 7) is 4.31. The van der Waals surface area contributed by atoms with Gasteiger partial charge in [0, 0.05) is 16.5 Å². The summed E-state index contributed by atoms with van der Waals surface area (Å²) in [5, 5.41) is 2.61. The Morgan fingerprint density at radius 2 is 1.18 bits per heavy atom. The zero-order valence-corrected chi connectivity index (χ0v) is 15.6. The Labute approximate surface area is 166 Å². The molecule has 0 aliphatic heterocycles. The summed E-state index contributed by atoms with van der Waals surface area (Å²) in [5.74, 6) is 0. The maximum absolute atomic E-state index is 2.37. The van der Waals surface area contributed by atoms with Gasteiger partial charge in [-0.25, -0.2) is 0 Å². The Morgan fingerprint density at radius 1 is 0.536 bits per heavy atom. The average molecular weight is 364 g/mol. The van der Waals surface area contributed by atoms with Gasteiger partial charge in [0.25, 0.3) is 0 Å². The first kappa shape index (κ1) is 18.1. The fraction of sp³-hybridized carbons (Fsp3) is 0.111. The van der Waals surface area contributed by atoms with Crippen molar-refractivity contribution in [2.45, 2.75) is 21.3 Å². The zero-order chi connectivity index (χ0) is 18.4. The standard InChI is InChI=1S/C26H21N.CH4/c1-18-7-6-8-20(15-18)21-12-14-26-24(17-21)23-16-19(2)11-13-25(23)27(26)22-9-4-3-5-10-22;/h3-17H,1-2H3;1H4. The lowest BCUT2D eigenvalue weighted by atomic mass is 10.0. The number of nitrogens with zero attached hydrogens (tertiary/aromatic N) is 1. The molecule has 138 valence electrons. The fourth-order valence-corrected chi connectivity index (χ4v) is 4.00. The molecule has 0 radical (unpaired) electrons. The van der Waals surface area contributed by atoms with E-state index in [9.17, 15) is 0 Å². The molecule has 0 fully saturated rings. The maximum Gasteiger partial charge on any atom is 0.0541 e. The van der Waals surface area contributed by atoms with E-state index in [1.165, 1.54) is 49.7 Å². The first-order valence-corrected chi connectivity index (χ1v) is 9.38. The van der Waals surface area contributed by atoms with Crippen molar-refractivity contribution >= 4 is 21.8 Å². The zero-order valence-electron chi connectivity index (χ0n) is 15.6. The molecular formula is C27H25N. The molecule has 1 nitrogen and oxygen atoms in total. The predicted molar refractivity (Wildman–Crippen MR) is 122 cm³/mol. The van der Waals surface area contributed by atoms with Crippen LogP contribution in [-0.2, 0) is 0 Å². The van der Waals surface area contributed by atoms with Crippen molar-refractivity contribution in [3.05, 3.63) is 102 Å². The number of benzene rings is 4. The Hall–Kier alpha value is -3.32. The molecule has 0 N–H and O–H groups in total. The smallest absolute Gasteiger partial charge is 0.0541 e. The molecular weight excluding hydrogens is 338 g/mol. The lowest BCUT2D eigenvalue weighted by Crippen LogP contribution is -1.93. The first-order chi connectivity index (χ1) is 13.2. The minimum Gasteiger partial charge on any atom is -0.309 e. The van der Waals surface area contributed by atoms with Gasteiger partial charge in [-0.15, -0.1) is 0 Å². The van der Waals surface area contributed by atoms with Crippen molar-refractivity contribution in [3.8, 4) is 16.8 Å². The largest absolute Gasteiger partial charge is 0.309 e. The van der Waals surface area contributed by atoms with Gasteiger partial charge in [-0.1, -0.05) is 73.2 Å². The molecule has 0 saturated heterocycles. The van der Waals surface area contributed by atoms with E-state index in [0.29, 0.717) is 0 Å². The lowest BCUT2D eigenvalue weighted by molar-refractivity contribution is 1.18. The molecule has 0 bridgehead atoms. The fourth-order valence-electron chi connectivity index (χ4n) is 4.00. The molecule has 0 unspecified atom stereocenters. The maximum atomic E-state index is 2.37. The van der Waals surface area contributed by atoms with Gasteiger partial charge in [0.15, 0.2) is 0 Å². The van der Waals surface area contributed by atoms with Crippen molar-refractivity contribution in [3.63, 3.8) is 0 Å². The Balaban J connectivity index is 0.00000192. The Kier molecular flexibility index (Phi) is 4.52. The Bertz CT molecular complexity index is 1280. The van der Waals surface area contributed by atoms with Crippen LogP contribution in [0.3, 0.4) is 0 Å². The van der Waals surface area contributed by atoms with Gasteiger partial charge in [0.2, 0.25) is 0 Å². The first-order valence-electron chi connectivity index (χ1n) is 9.38. The average Bonchev–Trinajstić information content (AvgIpc) is 3.01. The minimum atomic E-state index is 0. The van der Waals surface area contributed by atoms with Crippen LogP contribution in [0.4, 0.5) is 0 Å². The summed E-state index contributed by atoms with van der Waals surface area (Å²) in [4.78, 5) is 0. The summed E-state index contributed by atoms with van der Waals surface area (Å²) in [6, 6.07) is 32.9. The summed E-state index contributed by atoms with van der Waals surface area (Å²) < 4.78 is 2.37. The third kappa shape index (κ3) is 2.90. The van der Waals surface area contributed by atoms with Gasteiger partial charge in [0.1, 0.15) is 0 Å². The molecule has 4 aromatic carbocycles. The number of rotatable bonds is 2. The summed E-state index contributed by atoms with van der Waals surface area (Å²) in [5.41, 5.74) is 8.81. The second kappa shape index (κ2) is 7.01. The van der Waals surface area contributed by atoms with Crippen molar-refractivity contribution in [2.75, 3.05) is 0 Å². The van der Waals surface area contributed by atoms with Gasteiger partial charge >= 0.3 is 0 Å². The minimum absolute atomic E-state index is 0. The second-order valence-electron chi connectivity index (χ2n) is 7.29. The molecule has 5 aromatic rings. The van der Waals surface area contributed by atoms with Crippen molar-refractivity contribution in [1.82, 2.24) is 4.57 Å². The molecule has 0 aliphatic carbocycles. The highest BCUT2D eigenvalue weighted by Crippen LogP contribution is 2.35. The SMILES string of the molecule is C.Cc1cccc(-c2ccc3c(c2)c2cc(C)ccc2n3-c2ccccc2)c1. The molecule has 28 heavy (non-hydrogen) atoms. The molecule has 0 amide bonds. The number of hydrogen-bond donors (Lipinski definition) is 0. The van der Waals surface area contributed by atoms with Crippen LogP contribution in [0.25, 0.3) is 38.6 Å². The van der Waals surface area contributed by atoms with E-state index in [1.807, 2.05) is 0 Å². The number of hydrogen-bond acceptors (Lipinski definition) is 0. The third-order valence-electron chi connectivity index (χ3n) is 5.29. The van der Waals surface area contributed by atoms with Gasteiger partial charge in [-0.2, -0.15) is 0 Å². The van der Waals surface area contributed by atoms with E-state index >= 15 is 0 Å². The molecule has 0 aliphatic rings. The van der Waals surface area contributed by atoms with Crippen LogP contribution in [0.15, 0.2) is 91.0 Å². The molecule has 1 aromatic heterocycles. The molecule has 0 saturated carbocycles. The highest BCUT2D eigenvalue weighted by Gasteiger charge is 2.13. The topological polar surface area (TPSA) is 4.93 Å². The van der Waals surface area contributed by atoms with E-state index in [-0.39, 0.29) is 7.43 Å². The van der Waals surface area contributed by atoms with Crippen molar-refractivity contribution in [2.24, 2.45) is 0 Å². The summed E-state index contributed by atoms with van der Waals surface area (Å²) >= 11 is 0. The van der Waals surface area contributed by atoms with E-state index < -0.39 is 0 Å². The van der Waals surface area contributed by atoms with Crippen LogP contribution in [0, 0.1) is 13.8 Å². The normalized spacial score (nSPS) is 10.9. The van der Waals surface area contributed by atoms with Crippen molar-refractivity contribution < 1.29 is 0 Å². The number of aryl methyl sites for hydroxylation is 2. The van der Waals surface area contributed by atoms with E-state index in [1.54, 1.807) is 0 Å². The van der Waals surface area contributed by atoms with Crippen LogP contribution in [0.2, 0.25) is 0 Å². The van der Waals surface area contributed by atoms with E-state index in [4.69, 9.17) is 0 Å². The monoisotopic (exact) mass is 363 g/mol. The van der Waals surface area contributed by atoms with Gasteiger partial charge < -0.3 is 4.57 Å². The summed E-state index contributed by atoms with van der Waals surface area (Å²) in [6.07, 6.45) is 0. The quantitative estimate of drug-likeness (QED) is 0.303. The van der Waals surface area contributed by atoms with Gasteiger partial charge in [-0.3, -0.25) is 0 Å². The van der Waals surface area contributed by atoms with Crippen LogP contribution in [0.5, 0.6) is 0 Å². The Morgan fingerprint density at radius 3 is 1.93 bits per heavy atom. The number of aromatic nitrogens is 1. The predicted octanol–water partition coefficient (Wildman–Crippen LogP) is 7.70. The molecule has 1 heterocycles. The van der Waals surface area contributed by atoms with E-state index in [0.717, 1.165) is 0 Å². The van der Waals surface area contributed by atoms with Crippen LogP contribution in [0.1, 0.15) is 18.6 Å². The molecule has 0 atom stereocenters.